The van der Waals surface area contributed by atoms with Gasteiger partial charge in [-0.2, -0.15) is 0 Å². The number of hydrogen-bond acceptors (Lipinski definition) is 4. The summed E-state index contributed by atoms with van der Waals surface area (Å²) in [5.74, 6) is -0.343. The lowest BCUT2D eigenvalue weighted by molar-refractivity contribution is -0.147. The van der Waals surface area contributed by atoms with Gasteiger partial charge in [-0.25, -0.2) is 0 Å². The van der Waals surface area contributed by atoms with Crippen molar-refractivity contribution >= 4 is 17.6 Å². The molecule has 0 saturated heterocycles. The molecule has 3 aromatic rings. The smallest absolute Gasteiger partial charge is 0.306 e. The van der Waals surface area contributed by atoms with E-state index in [-0.39, 0.29) is 30.0 Å². The van der Waals surface area contributed by atoms with Gasteiger partial charge in [0.1, 0.15) is 0 Å². The van der Waals surface area contributed by atoms with Crippen molar-refractivity contribution in [2.75, 3.05) is 5.32 Å². The molecule has 0 spiro atoms. The standard InChI is InChI=1S/C27H30N2O4/c1-19(2)33-27(32)14-12-21-5-4-6-24(15-21)28-25(30)16-22-8-10-23(11-9-22)18-29-17-20(3)7-13-26(29)31/h4-11,13,15,17,19H,12,14,16,18H2,1-3H3,(H,28,30). The number of ether oxygens (including phenoxy) is 1. The molecule has 1 heterocycles. The Balaban J connectivity index is 1.54. The Labute approximate surface area is 194 Å². The molecule has 2 aromatic carbocycles. The fourth-order valence-corrected chi connectivity index (χ4v) is 3.50. The summed E-state index contributed by atoms with van der Waals surface area (Å²) in [6.07, 6.45) is 2.82. The van der Waals surface area contributed by atoms with Crippen molar-refractivity contribution in [3.8, 4) is 0 Å². The van der Waals surface area contributed by atoms with Gasteiger partial charge in [-0.3, -0.25) is 14.4 Å². The Morgan fingerprint density at radius 1 is 0.970 bits per heavy atom. The molecule has 0 fully saturated rings. The van der Waals surface area contributed by atoms with Crippen LogP contribution in [0.2, 0.25) is 0 Å². The fraction of sp³-hybridized carbons (Fsp3) is 0.296. The first-order valence-corrected chi connectivity index (χ1v) is 11.1. The number of carbonyl (C=O) groups excluding carboxylic acids is 2. The van der Waals surface area contributed by atoms with Crippen molar-refractivity contribution in [3.05, 3.63) is 99.5 Å². The molecule has 0 aliphatic carbocycles. The van der Waals surface area contributed by atoms with E-state index in [9.17, 15) is 14.4 Å². The van der Waals surface area contributed by atoms with E-state index >= 15 is 0 Å². The molecule has 0 atom stereocenters. The Kier molecular flexibility index (Phi) is 8.19. The van der Waals surface area contributed by atoms with Gasteiger partial charge >= 0.3 is 5.97 Å². The van der Waals surface area contributed by atoms with E-state index in [1.54, 1.807) is 16.7 Å². The lowest BCUT2D eigenvalue weighted by atomic mass is 10.1. The van der Waals surface area contributed by atoms with Crippen molar-refractivity contribution in [1.29, 1.82) is 0 Å². The number of nitrogens with one attached hydrogen (secondary N) is 1. The van der Waals surface area contributed by atoms with Crippen LogP contribution in [0.3, 0.4) is 0 Å². The number of hydrogen-bond donors (Lipinski definition) is 1. The quantitative estimate of drug-likeness (QED) is 0.498. The number of aromatic nitrogens is 1. The number of carbonyl (C=O) groups is 2. The minimum atomic E-state index is -0.227. The van der Waals surface area contributed by atoms with E-state index in [0.717, 1.165) is 22.3 Å². The number of nitrogens with zero attached hydrogens (tertiary/aromatic N) is 1. The van der Waals surface area contributed by atoms with Crippen LogP contribution in [0.1, 0.15) is 42.5 Å². The fourth-order valence-electron chi connectivity index (χ4n) is 3.50. The second-order valence-electron chi connectivity index (χ2n) is 8.45. The van der Waals surface area contributed by atoms with Crippen LogP contribution >= 0.6 is 0 Å². The average Bonchev–Trinajstić information content (AvgIpc) is 2.76. The third kappa shape index (κ3) is 7.75. The highest BCUT2D eigenvalue weighted by molar-refractivity contribution is 5.92. The van der Waals surface area contributed by atoms with Gasteiger partial charge in [0.25, 0.3) is 5.56 Å². The highest BCUT2D eigenvalue weighted by atomic mass is 16.5. The topological polar surface area (TPSA) is 77.4 Å². The molecule has 3 rings (SSSR count). The molecule has 0 bridgehead atoms. The van der Waals surface area contributed by atoms with Crippen LogP contribution in [0.4, 0.5) is 5.69 Å². The Morgan fingerprint density at radius 3 is 2.42 bits per heavy atom. The number of benzene rings is 2. The second kappa shape index (κ2) is 11.3. The number of anilines is 1. The second-order valence-corrected chi connectivity index (χ2v) is 8.45. The molecule has 6 nitrogen and oxygen atoms in total. The minimum Gasteiger partial charge on any atom is -0.463 e. The van der Waals surface area contributed by atoms with Gasteiger partial charge in [-0.15, -0.1) is 0 Å². The molecule has 0 saturated carbocycles. The van der Waals surface area contributed by atoms with E-state index in [1.807, 2.05) is 75.5 Å². The zero-order valence-corrected chi connectivity index (χ0v) is 19.3. The van der Waals surface area contributed by atoms with Crippen molar-refractivity contribution in [2.24, 2.45) is 0 Å². The SMILES string of the molecule is Cc1ccc(=O)n(Cc2ccc(CC(=O)Nc3cccc(CCC(=O)OC(C)C)c3)cc2)c1. The lowest BCUT2D eigenvalue weighted by Gasteiger charge is -2.10. The highest BCUT2D eigenvalue weighted by Gasteiger charge is 2.08. The molecular weight excluding hydrogens is 416 g/mol. The van der Waals surface area contributed by atoms with Crippen LogP contribution in [0.25, 0.3) is 0 Å². The molecule has 172 valence electrons. The Morgan fingerprint density at radius 2 is 1.70 bits per heavy atom. The van der Waals surface area contributed by atoms with Crippen LogP contribution in [0, 0.1) is 6.92 Å². The van der Waals surface area contributed by atoms with E-state index in [2.05, 4.69) is 5.32 Å². The Bertz CT molecular complexity index is 1160. The molecule has 1 N–H and O–H groups in total. The van der Waals surface area contributed by atoms with Gasteiger partial charge in [0.05, 0.1) is 19.1 Å². The van der Waals surface area contributed by atoms with Crippen molar-refractivity contribution in [3.63, 3.8) is 0 Å². The van der Waals surface area contributed by atoms with Crippen LogP contribution < -0.4 is 10.9 Å². The van der Waals surface area contributed by atoms with Crippen molar-refractivity contribution in [2.45, 2.75) is 52.7 Å². The van der Waals surface area contributed by atoms with Gasteiger partial charge in [-0.05, 0) is 61.6 Å². The summed E-state index contributed by atoms with van der Waals surface area (Å²) < 4.78 is 6.83. The summed E-state index contributed by atoms with van der Waals surface area (Å²) in [6.45, 7) is 6.10. The summed E-state index contributed by atoms with van der Waals surface area (Å²) in [6, 6.07) is 18.6. The highest BCUT2D eigenvalue weighted by Crippen LogP contribution is 2.14. The predicted molar refractivity (Wildman–Crippen MR) is 129 cm³/mol. The summed E-state index contributed by atoms with van der Waals surface area (Å²) in [5.41, 5.74) is 4.54. The first kappa shape index (κ1) is 24.0. The van der Waals surface area contributed by atoms with Gasteiger partial charge in [0.2, 0.25) is 5.91 Å². The third-order valence-electron chi connectivity index (χ3n) is 5.07. The zero-order chi connectivity index (χ0) is 23.8. The molecule has 1 aromatic heterocycles. The van der Waals surface area contributed by atoms with Gasteiger partial charge in [-0.1, -0.05) is 42.5 Å². The number of rotatable bonds is 9. The predicted octanol–water partition coefficient (Wildman–Crippen LogP) is 4.27. The molecule has 0 radical (unpaired) electrons. The molecule has 6 heteroatoms. The number of amides is 1. The summed E-state index contributed by atoms with van der Waals surface area (Å²) >= 11 is 0. The number of pyridine rings is 1. The molecule has 0 unspecified atom stereocenters. The molecule has 0 aliphatic rings. The molecule has 0 aliphatic heterocycles. The third-order valence-corrected chi connectivity index (χ3v) is 5.07. The largest absolute Gasteiger partial charge is 0.463 e. The maximum atomic E-state index is 12.5. The van der Waals surface area contributed by atoms with Crippen molar-refractivity contribution < 1.29 is 14.3 Å². The summed E-state index contributed by atoms with van der Waals surface area (Å²) in [5, 5.41) is 2.92. The lowest BCUT2D eigenvalue weighted by Crippen LogP contribution is -2.19. The van der Waals surface area contributed by atoms with E-state index in [4.69, 9.17) is 4.74 Å². The van der Waals surface area contributed by atoms with Crippen LogP contribution in [-0.4, -0.2) is 22.5 Å². The maximum Gasteiger partial charge on any atom is 0.306 e. The number of aryl methyl sites for hydroxylation is 2. The van der Waals surface area contributed by atoms with Gasteiger partial charge in [0.15, 0.2) is 0 Å². The normalized spacial score (nSPS) is 10.8. The van der Waals surface area contributed by atoms with Crippen LogP contribution in [0.15, 0.2) is 71.7 Å². The van der Waals surface area contributed by atoms with Crippen LogP contribution in [-0.2, 0) is 33.7 Å². The molecular formula is C27H30N2O4. The first-order chi connectivity index (χ1) is 15.8. The number of esters is 1. The summed E-state index contributed by atoms with van der Waals surface area (Å²) in [7, 11) is 0. The minimum absolute atomic E-state index is 0.0388. The average molecular weight is 447 g/mol. The van der Waals surface area contributed by atoms with Crippen molar-refractivity contribution in [1.82, 2.24) is 4.57 Å². The zero-order valence-electron chi connectivity index (χ0n) is 19.3. The van der Waals surface area contributed by atoms with Gasteiger partial charge in [0, 0.05) is 24.4 Å². The summed E-state index contributed by atoms with van der Waals surface area (Å²) in [4.78, 5) is 36.2. The van der Waals surface area contributed by atoms with E-state index < -0.39 is 0 Å². The monoisotopic (exact) mass is 446 g/mol. The van der Waals surface area contributed by atoms with E-state index in [1.165, 1.54) is 0 Å². The maximum absolute atomic E-state index is 12.5. The van der Waals surface area contributed by atoms with Gasteiger partial charge < -0.3 is 14.6 Å². The first-order valence-electron chi connectivity index (χ1n) is 11.1. The molecule has 1 amide bonds. The van der Waals surface area contributed by atoms with Crippen LogP contribution in [0.5, 0.6) is 0 Å². The molecule has 33 heavy (non-hydrogen) atoms. The van der Waals surface area contributed by atoms with E-state index in [0.29, 0.717) is 25.1 Å². The Hall–Kier alpha value is -3.67.